The highest BCUT2D eigenvalue weighted by Crippen LogP contribution is 2.31. The molecule has 0 aliphatic carbocycles. The number of hydrogen-bond donors (Lipinski definition) is 0. The van der Waals surface area contributed by atoms with Gasteiger partial charge in [0, 0.05) is 4.90 Å². The van der Waals surface area contributed by atoms with Gasteiger partial charge in [0.2, 0.25) is 0 Å². The van der Waals surface area contributed by atoms with Crippen LogP contribution < -0.4 is 0 Å². The molecule has 1 aliphatic rings. The zero-order valence-corrected chi connectivity index (χ0v) is 14.6. The van der Waals surface area contributed by atoms with Crippen LogP contribution in [0.1, 0.15) is 18.4 Å². The van der Waals surface area contributed by atoms with Gasteiger partial charge in [0.25, 0.3) is 0 Å². The number of thioether (sulfide) groups is 2. The zero-order valence-electron chi connectivity index (χ0n) is 13.0. The van der Waals surface area contributed by atoms with E-state index in [4.69, 9.17) is 4.99 Å². The minimum atomic E-state index is -0.197. The maximum atomic E-state index is 13.0. The summed E-state index contributed by atoms with van der Waals surface area (Å²) in [4.78, 5) is 5.85. The Morgan fingerprint density at radius 1 is 1.09 bits per heavy atom. The van der Waals surface area contributed by atoms with Gasteiger partial charge in [-0.2, -0.15) is 0 Å². The smallest absolute Gasteiger partial charge is 0.123 e. The first-order valence-electron chi connectivity index (χ1n) is 7.60. The molecule has 1 fully saturated rings. The highest BCUT2D eigenvalue weighted by Gasteiger charge is 2.14. The Balaban J connectivity index is 1.79. The lowest BCUT2D eigenvalue weighted by atomic mass is 10.2. The van der Waals surface area contributed by atoms with Crippen LogP contribution in [-0.2, 0) is 0 Å². The Bertz CT molecular complexity index is 718. The lowest BCUT2D eigenvalue weighted by Crippen LogP contribution is -2.06. The maximum absolute atomic E-state index is 13.0. The highest BCUT2D eigenvalue weighted by atomic mass is 32.2. The molecule has 0 atom stereocenters. The Morgan fingerprint density at radius 2 is 1.83 bits per heavy atom. The third-order valence-corrected chi connectivity index (χ3v) is 5.59. The van der Waals surface area contributed by atoms with E-state index in [1.807, 2.05) is 23.9 Å². The summed E-state index contributed by atoms with van der Waals surface area (Å²) in [6.07, 6.45) is 2.22. The van der Waals surface area contributed by atoms with Crippen molar-refractivity contribution in [2.75, 3.05) is 5.75 Å². The Hall–Kier alpha value is -1.52. The third kappa shape index (κ3) is 4.72. The minimum absolute atomic E-state index is 0.197. The van der Waals surface area contributed by atoms with E-state index in [9.17, 15) is 4.39 Å². The van der Waals surface area contributed by atoms with Gasteiger partial charge < -0.3 is 0 Å². The van der Waals surface area contributed by atoms with Gasteiger partial charge in [0.15, 0.2) is 0 Å². The van der Waals surface area contributed by atoms with Gasteiger partial charge >= 0.3 is 0 Å². The molecule has 1 nitrogen and oxygen atoms in total. The van der Waals surface area contributed by atoms with E-state index in [-0.39, 0.29) is 5.82 Å². The van der Waals surface area contributed by atoms with Crippen molar-refractivity contribution in [2.45, 2.75) is 24.7 Å². The first-order valence-corrected chi connectivity index (χ1v) is 9.47. The van der Waals surface area contributed by atoms with Crippen LogP contribution in [0.5, 0.6) is 0 Å². The number of nitrogens with zero attached hydrogens (tertiary/aromatic N) is 1. The second kappa shape index (κ2) is 7.84. The first-order chi connectivity index (χ1) is 11.2. The van der Waals surface area contributed by atoms with Gasteiger partial charge in [0.05, 0.1) is 5.69 Å². The van der Waals surface area contributed by atoms with Crippen molar-refractivity contribution in [3.8, 4) is 0 Å². The fourth-order valence-electron chi connectivity index (χ4n) is 2.23. The number of halogens is 1. The average molecular weight is 343 g/mol. The maximum Gasteiger partial charge on any atom is 0.123 e. The quantitative estimate of drug-likeness (QED) is 0.601. The van der Waals surface area contributed by atoms with E-state index >= 15 is 0 Å². The lowest BCUT2D eigenvalue weighted by Gasteiger charge is -2.16. The predicted octanol–water partition coefficient (Wildman–Crippen LogP) is 6.37. The number of rotatable bonds is 3. The molecule has 0 saturated carbocycles. The molecule has 1 saturated heterocycles. The average Bonchev–Trinajstić information content (AvgIpc) is 2.58. The fourth-order valence-corrected chi connectivity index (χ4v) is 4.11. The van der Waals surface area contributed by atoms with Crippen LogP contribution in [0.25, 0.3) is 0 Å². The van der Waals surface area contributed by atoms with Crippen LogP contribution in [0, 0.1) is 12.7 Å². The van der Waals surface area contributed by atoms with Crippen LogP contribution in [-0.4, -0.2) is 10.8 Å². The van der Waals surface area contributed by atoms with E-state index in [2.05, 4.69) is 36.6 Å². The largest absolute Gasteiger partial charge is 0.242 e. The van der Waals surface area contributed by atoms with E-state index in [1.165, 1.54) is 29.7 Å². The number of hydrogen-bond acceptors (Lipinski definition) is 3. The van der Waals surface area contributed by atoms with Crippen molar-refractivity contribution in [2.24, 2.45) is 4.99 Å². The summed E-state index contributed by atoms with van der Waals surface area (Å²) in [6, 6.07) is 14.9. The summed E-state index contributed by atoms with van der Waals surface area (Å²) in [5.74, 6) is 0.917. The summed E-state index contributed by atoms with van der Waals surface area (Å²) < 4.78 is 13.0. The molecule has 2 aromatic carbocycles. The van der Waals surface area contributed by atoms with E-state index in [0.29, 0.717) is 0 Å². The minimum Gasteiger partial charge on any atom is -0.242 e. The molecule has 23 heavy (non-hydrogen) atoms. The van der Waals surface area contributed by atoms with Gasteiger partial charge in [-0.05, 0) is 72.9 Å². The van der Waals surface area contributed by atoms with Crippen molar-refractivity contribution in [1.82, 2.24) is 0 Å². The number of aryl methyl sites for hydroxylation is 1. The second-order valence-corrected chi connectivity index (χ2v) is 7.45. The molecule has 118 valence electrons. The molecule has 1 heterocycles. The monoisotopic (exact) mass is 343 g/mol. The van der Waals surface area contributed by atoms with E-state index in [0.717, 1.165) is 27.8 Å². The van der Waals surface area contributed by atoms with Crippen molar-refractivity contribution >= 4 is 34.3 Å². The third-order valence-electron chi connectivity index (χ3n) is 3.52. The standard InChI is InChI=1S/C19H18FNS2/c1-14-4-8-17(9-5-14)21-19-15(3-2-12-22-19)13-23-18-10-6-16(20)7-11-18/h4-11,13H,2-3,12H2,1H3/b15-13-,21-19?. The van der Waals surface area contributed by atoms with Crippen molar-refractivity contribution < 1.29 is 4.39 Å². The van der Waals surface area contributed by atoms with E-state index in [1.54, 1.807) is 11.8 Å². The van der Waals surface area contributed by atoms with Crippen molar-refractivity contribution in [3.05, 3.63) is 70.9 Å². The topological polar surface area (TPSA) is 12.4 Å². The van der Waals surface area contributed by atoms with Crippen molar-refractivity contribution in [3.63, 3.8) is 0 Å². The molecule has 0 radical (unpaired) electrons. The number of benzene rings is 2. The lowest BCUT2D eigenvalue weighted by molar-refractivity contribution is 0.626. The van der Waals surface area contributed by atoms with Crippen LogP contribution in [0.4, 0.5) is 10.1 Å². The molecule has 0 bridgehead atoms. The fraction of sp³-hybridized carbons (Fsp3) is 0.211. The summed E-state index contributed by atoms with van der Waals surface area (Å²) in [5, 5.41) is 3.27. The molecule has 0 amide bonds. The molecule has 3 rings (SSSR count). The molecule has 0 aromatic heterocycles. The molecule has 1 aliphatic heterocycles. The first kappa shape index (κ1) is 16.3. The molecule has 0 spiro atoms. The SMILES string of the molecule is Cc1ccc(N=C2SCCC/C2=C/Sc2ccc(F)cc2)cc1. The summed E-state index contributed by atoms with van der Waals surface area (Å²) in [5.41, 5.74) is 3.52. The predicted molar refractivity (Wildman–Crippen MR) is 100 cm³/mol. The second-order valence-electron chi connectivity index (χ2n) is 5.42. The molecule has 0 N–H and O–H groups in total. The van der Waals surface area contributed by atoms with Gasteiger partial charge in [-0.15, -0.1) is 11.8 Å². The highest BCUT2D eigenvalue weighted by molar-refractivity contribution is 8.14. The summed E-state index contributed by atoms with van der Waals surface area (Å²) >= 11 is 3.45. The number of aliphatic imine (C=N–C) groups is 1. The van der Waals surface area contributed by atoms with E-state index < -0.39 is 0 Å². The van der Waals surface area contributed by atoms with Gasteiger partial charge in [0.1, 0.15) is 10.9 Å². The van der Waals surface area contributed by atoms with Crippen LogP contribution in [0.2, 0.25) is 0 Å². The normalized spacial score (nSPS) is 18.5. The molecular formula is C19H18FNS2. The van der Waals surface area contributed by atoms with Crippen LogP contribution >= 0.6 is 23.5 Å². The Labute approximate surface area is 145 Å². The Morgan fingerprint density at radius 3 is 2.57 bits per heavy atom. The zero-order chi connectivity index (χ0) is 16.1. The Kier molecular flexibility index (Phi) is 5.57. The molecular weight excluding hydrogens is 325 g/mol. The van der Waals surface area contributed by atoms with Gasteiger partial charge in [-0.1, -0.05) is 29.5 Å². The van der Waals surface area contributed by atoms with Crippen molar-refractivity contribution in [1.29, 1.82) is 0 Å². The van der Waals surface area contributed by atoms with Crippen LogP contribution in [0.15, 0.2) is 69.4 Å². The molecule has 0 unspecified atom stereocenters. The van der Waals surface area contributed by atoms with Gasteiger partial charge in [-0.25, -0.2) is 9.38 Å². The molecule has 4 heteroatoms. The molecule has 2 aromatic rings. The van der Waals surface area contributed by atoms with Crippen LogP contribution in [0.3, 0.4) is 0 Å². The van der Waals surface area contributed by atoms with Gasteiger partial charge in [-0.3, -0.25) is 0 Å². The summed E-state index contributed by atoms with van der Waals surface area (Å²) in [7, 11) is 0. The summed E-state index contributed by atoms with van der Waals surface area (Å²) in [6.45, 7) is 2.08.